The van der Waals surface area contributed by atoms with Crippen molar-refractivity contribution in [3.8, 4) is 11.5 Å². The van der Waals surface area contributed by atoms with Gasteiger partial charge in [0.25, 0.3) is 0 Å². The summed E-state index contributed by atoms with van der Waals surface area (Å²) in [5, 5.41) is 3.72. The van der Waals surface area contributed by atoms with Gasteiger partial charge in [-0.05, 0) is 23.8 Å². The SMILES string of the molecule is CN(CC(=O)Nc1ccc2c(c1)OCO2)S(=O)(=O)/C=C/c1ccccc1. The molecule has 1 heterocycles. The molecule has 0 fully saturated rings. The number of rotatable bonds is 6. The van der Waals surface area contributed by atoms with Crippen LogP contribution in [-0.4, -0.2) is 39.0 Å². The fourth-order valence-corrected chi connectivity index (χ4v) is 3.13. The average molecular weight is 374 g/mol. The molecule has 0 spiro atoms. The van der Waals surface area contributed by atoms with Crippen molar-refractivity contribution in [3.63, 3.8) is 0 Å². The van der Waals surface area contributed by atoms with E-state index in [9.17, 15) is 13.2 Å². The lowest BCUT2D eigenvalue weighted by Crippen LogP contribution is -2.33. The van der Waals surface area contributed by atoms with Crippen LogP contribution in [0.25, 0.3) is 6.08 Å². The van der Waals surface area contributed by atoms with Gasteiger partial charge in [-0.3, -0.25) is 4.79 Å². The molecular formula is C18H18N2O5S. The number of nitrogens with one attached hydrogen (secondary N) is 1. The fourth-order valence-electron chi connectivity index (χ4n) is 2.30. The van der Waals surface area contributed by atoms with E-state index < -0.39 is 15.9 Å². The van der Waals surface area contributed by atoms with Crippen LogP contribution in [-0.2, 0) is 14.8 Å². The largest absolute Gasteiger partial charge is 0.454 e. The van der Waals surface area contributed by atoms with Crippen LogP contribution >= 0.6 is 0 Å². The molecule has 0 atom stereocenters. The van der Waals surface area contributed by atoms with Gasteiger partial charge in [-0.1, -0.05) is 30.3 Å². The second-order valence-electron chi connectivity index (χ2n) is 5.63. The van der Waals surface area contributed by atoms with Crippen LogP contribution in [0.2, 0.25) is 0 Å². The van der Waals surface area contributed by atoms with E-state index in [1.165, 1.54) is 13.1 Å². The van der Waals surface area contributed by atoms with Crippen LogP contribution in [0.4, 0.5) is 5.69 Å². The molecule has 0 saturated carbocycles. The minimum atomic E-state index is -3.71. The van der Waals surface area contributed by atoms with Crippen molar-refractivity contribution in [2.45, 2.75) is 0 Å². The zero-order chi connectivity index (χ0) is 18.6. The van der Waals surface area contributed by atoms with Crippen molar-refractivity contribution >= 4 is 27.7 Å². The Labute approximate surface area is 151 Å². The van der Waals surface area contributed by atoms with Gasteiger partial charge in [0.05, 0.1) is 6.54 Å². The van der Waals surface area contributed by atoms with Crippen LogP contribution in [0.1, 0.15) is 5.56 Å². The number of fused-ring (bicyclic) bond motifs is 1. The Morgan fingerprint density at radius 1 is 1.15 bits per heavy atom. The first-order chi connectivity index (χ1) is 12.4. The molecule has 0 saturated heterocycles. The molecule has 136 valence electrons. The summed E-state index contributed by atoms with van der Waals surface area (Å²) in [4.78, 5) is 12.1. The van der Waals surface area contributed by atoms with Gasteiger partial charge >= 0.3 is 0 Å². The monoisotopic (exact) mass is 374 g/mol. The average Bonchev–Trinajstić information content (AvgIpc) is 3.08. The van der Waals surface area contributed by atoms with Crippen molar-refractivity contribution in [1.82, 2.24) is 4.31 Å². The third-order valence-corrected chi connectivity index (χ3v) is 5.17. The zero-order valence-corrected chi connectivity index (χ0v) is 14.9. The summed E-state index contributed by atoms with van der Waals surface area (Å²) in [6.45, 7) is -0.169. The molecule has 1 aliphatic rings. The predicted octanol–water partition coefficient (Wildman–Crippen LogP) is 2.29. The summed E-state index contributed by atoms with van der Waals surface area (Å²) in [5.41, 5.74) is 1.26. The van der Waals surface area contributed by atoms with Crippen LogP contribution in [0, 0.1) is 0 Å². The van der Waals surface area contributed by atoms with E-state index in [0.29, 0.717) is 17.2 Å². The molecule has 2 aromatic carbocycles. The van der Waals surface area contributed by atoms with Crippen LogP contribution in [0.5, 0.6) is 11.5 Å². The molecular weight excluding hydrogens is 356 g/mol. The number of likely N-dealkylation sites (N-methyl/N-ethyl adjacent to an activating group) is 1. The van der Waals surface area contributed by atoms with Gasteiger partial charge in [-0.2, -0.15) is 4.31 Å². The molecule has 0 aliphatic carbocycles. The molecule has 0 bridgehead atoms. The number of sulfonamides is 1. The lowest BCUT2D eigenvalue weighted by molar-refractivity contribution is -0.116. The number of hydrogen-bond acceptors (Lipinski definition) is 5. The molecule has 1 amide bonds. The van der Waals surface area contributed by atoms with E-state index >= 15 is 0 Å². The number of anilines is 1. The van der Waals surface area contributed by atoms with Crippen LogP contribution in [0.3, 0.4) is 0 Å². The third kappa shape index (κ3) is 4.41. The van der Waals surface area contributed by atoms with Crippen LogP contribution in [0.15, 0.2) is 53.9 Å². The second-order valence-corrected chi connectivity index (χ2v) is 7.56. The van der Waals surface area contributed by atoms with E-state index in [2.05, 4.69) is 5.32 Å². The van der Waals surface area contributed by atoms with E-state index in [0.717, 1.165) is 15.3 Å². The van der Waals surface area contributed by atoms with Gasteiger partial charge < -0.3 is 14.8 Å². The van der Waals surface area contributed by atoms with Gasteiger partial charge in [-0.25, -0.2) is 8.42 Å². The van der Waals surface area contributed by atoms with E-state index in [-0.39, 0.29) is 13.3 Å². The van der Waals surface area contributed by atoms with Crippen molar-refractivity contribution in [2.75, 3.05) is 25.7 Å². The Kier molecular flexibility index (Phi) is 5.24. The highest BCUT2D eigenvalue weighted by atomic mass is 32.2. The van der Waals surface area contributed by atoms with Crippen LogP contribution < -0.4 is 14.8 Å². The maximum Gasteiger partial charge on any atom is 0.239 e. The highest BCUT2D eigenvalue weighted by Crippen LogP contribution is 2.34. The first kappa shape index (κ1) is 18.0. The van der Waals surface area contributed by atoms with Crippen molar-refractivity contribution in [2.24, 2.45) is 0 Å². The number of amides is 1. The van der Waals surface area contributed by atoms with Gasteiger partial charge in [0.1, 0.15) is 0 Å². The summed E-state index contributed by atoms with van der Waals surface area (Å²) in [6, 6.07) is 14.0. The number of carbonyl (C=O) groups excluding carboxylic acids is 1. The molecule has 1 N–H and O–H groups in total. The maximum absolute atomic E-state index is 12.3. The quantitative estimate of drug-likeness (QED) is 0.839. The highest BCUT2D eigenvalue weighted by molar-refractivity contribution is 7.92. The lowest BCUT2D eigenvalue weighted by atomic mass is 10.2. The van der Waals surface area contributed by atoms with Crippen molar-refractivity contribution < 1.29 is 22.7 Å². The van der Waals surface area contributed by atoms with Gasteiger partial charge in [0.15, 0.2) is 11.5 Å². The van der Waals surface area contributed by atoms with E-state index in [4.69, 9.17) is 9.47 Å². The summed E-state index contributed by atoms with van der Waals surface area (Å²) in [7, 11) is -2.36. The minimum Gasteiger partial charge on any atom is -0.454 e. The first-order valence-corrected chi connectivity index (χ1v) is 9.33. The fraction of sp³-hybridized carbons (Fsp3) is 0.167. The first-order valence-electron chi connectivity index (χ1n) is 7.83. The minimum absolute atomic E-state index is 0.140. The second kappa shape index (κ2) is 7.59. The Morgan fingerprint density at radius 2 is 1.88 bits per heavy atom. The van der Waals surface area contributed by atoms with Gasteiger partial charge in [-0.15, -0.1) is 0 Å². The molecule has 1 aliphatic heterocycles. The molecule has 8 heteroatoms. The normalized spacial score (nSPS) is 13.3. The van der Waals surface area contributed by atoms with Crippen molar-refractivity contribution in [1.29, 1.82) is 0 Å². The molecule has 0 aromatic heterocycles. The molecule has 26 heavy (non-hydrogen) atoms. The highest BCUT2D eigenvalue weighted by Gasteiger charge is 2.19. The maximum atomic E-state index is 12.3. The topological polar surface area (TPSA) is 84.9 Å². The number of hydrogen-bond donors (Lipinski definition) is 1. The Bertz CT molecular complexity index is 926. The smallest absolute Gasteiger partial charge is 0.239 e. The molecule has 0 unspecified atom stereocenters. The standard InChI is InChI=1S/C18H18N2O5S/c1-20(26(22,23)10-9-14-5-3-2-4-6-14)12-18(21)19-15-7-8-16-17(11-15)25-13-24-16/h2-11H,12-13H2,1H3,(H,19,21)/b10-9+. The van der Waals surface area contributed by atoms with Gasteiger partial charge in [0, 0.05) is 24.2 Å². The number of ether oxygens (including phenoxy) is 2. The number of carbonyl (C=O) groups is 1. The zero-order valence-electron chi connectivity index (χ0n) is 14.1. The predicted molar refractivity (Wildman–Crippen MR) is 98.2 cm³/mol. The van der Waals surface area contributed by atoms with E-state index in [1.807, 2.05) is 18.2 Å². The van der Waals surface area contributed by atoms with Gasteiger partial charge in [0.2, 0.25) is 22.7 Å². The molecule has 7 nitrogen and oxygen atoms in total. The summed E-state index contributed by atoms with van der Waals surface area (Å²) in [6.07, 6.45) is 1.49. The Balaban J connectivity index is 1.60. The number of nitrogens with zero attached hydrogens (tertiary/aromatic N) is 1. The summed E-state index contributed by atoms with van der Waals surface area (Å²) < 4.78 is 36.0. The Morgan fingerprint density at radius 3 is 2.65 bits per heavy atom. The summed E-state index contributed by atoms with van der Waals surface area (Å²) in [5.74, 6) is 0.686. The number of benzene rings is 2. The molecule has 3 rings (SSSR count). The third-order valence-electron chi connectivity index (χ3n) is 3.69. The van der Waals surface area contributed by atoms with Crippen molar-refractivity contribution in [3.05, 3.63) is 59.5 Å². The Hall–Kier alpha value is -2.84. The molecule has 2 aromatic rings. The molecule has 0 radical (unpaired) electrons. The van der Waals surface area contributed by atoms with E-state index in [1.54, 1.807) is 30.3 Å². The summed E-state index contributed by atoms with van der Waals surface area (Å²) >= 11 is 0. The lowest BCUT2D eigenvalue weighted by Gasteiger charge is -2.14.